The fraction of sp³-hybridized carbons (Fsp3) is 0.571. The Morgan fingerprint density at radius 1 is 1.00 bits per heavy atom. The number of aliphatic hydroxyl groups excluding tert-OH is 2. The molecule has 3 heterocycles. The molecule has 0 aliphatic carbocycles. The number of anilines is 1. The summed E-state index contributed by atoms with van der Waals surface area (Å²) in [6, 6.07) is 0. The first-order chi connectivity index (χ1) is 20.9. The van der Waals surface area contributed by atoms with E-state index in [1.807, 2.05) is 0 Å². The third kappa shape index (κ3) is 9.53. The van der Waals surface area contributed by atoms with Crippen molar-refractivity contribution >= 4 is 56.8 Å². The summed E-state index contributed by atoms with van der Waals surface area (Å²) >= 11 is 0. The third-order valence-corrected chi connectivity index (χ3v) is 8.36. The number of nitrogen functional groups attached to an aromatic ring is 1. The number of esters is 3. The minimum absolute atomic E-state index is 0.0229. The highest BCUT2D eigenvalue weighted by atomic mass is 31.3. The lowest BCUT2D eigenvalue weighted by Crippen LogP contribution is -2.47. The van der Waals surface area contributed by atoms with Gasteiger partial charge in [-0.25, -0.2) is 24.1 Å². The number of imidazole rings is 1. The van der Waals surface area contributed by atoms with Crippen LogP contribution in [0, 0.1) is 0 Å². The molecule has 1 fully saturated rings. The first-order valence-electron chi connectivity index (χ1n) is 12.5. The molecule has 0 saturated carbocycles. The van der Waals surface area contributed by atoms with Crippen LogP contribution in [0.4, 0.5) is 5.82 Å². The molecule has 6 N–H and O–H groups in total. The first-order valence-corrected chi connectivity index (χ1v) is 15.5. The van der Waals surface area contributed by atoms with Crippen LogP contribution >= 0.6 is 15.6 Å². The number of nitrogens with two attached hydrogens (primary N) is 1. The minimum Gasteiger partial charge on any atom is -0.456 e. The maximum atomic E-state index is 12.5. The number of hydrogen-bond acceptors (Lipinski definition) is 19. The second kappa shape index (κ2) is 14.8. The van der Waals surface area contributed by atoms with Gasteiger partial charge < -0.3 is 44.7 Å². The highest BCUT2D eigenvalue weighted by Crippen LogP contribution is 2.60. The Hall–Kier alpha value is -3.43. The van der Waals surface area contributed by atoms with Crippen molar-refractivity contribution in [1.29, 1.82) is 0 Å². The van der Waals surface area contributed by atoms with Crippen molar-refractivity contribution in [2.45, 2.75) is 63.6 Å². The SMILES string of the molecule is CC(=O)O[C@@H]([C@H](C=O)OC(C)=O)[C@@H](COP(=O)(O)OP(=O)(O)OC[C@H]1O[C@@H](n2cnc3c(N)ncnc32)[C@H](O)[C@@H]1O)OC(C)=O. The second-order valence-corrected chi connectivity index (χ2v) is 12.2. The van der Waals surface area contributed by atoms with Gasteiger partial charge in [-0.1, -0.05) is 0 Å². The largest absolute Gasteiger partial charge is 0.481 e. The molecule has 0 radical (unpaired) electrons. The highest BCUT2D eigenvalue weighted by Gasteiger charge is 2.47. The van der Waals surface area contributed by atoms with E-state index >= 15 is 0 Å². The minimum atomic E-state index is -5.58. The van der Waals surface area contributed by atoms with Crippen molar-refractivity contribution in [3.8, 4) is 0 Å². The Kier molecular flexibility index (Phi) is 11.8. The summed E-state index contributed by atoms with van der Waals surface area (Å²) in [6.45, 7) is 0.503. The van der Waals surface area contributed by atoms with Crippen LogP contribution in [0.3, 0.4) is 0 Å². The number of ether oxygens (including phenoxy) is 4. The lowest BCUT2D eigenvalue weighted by molar-refractivity contribution is -0.185. The number of carbonyl (C=O) groups is 4. The van der Waals surface area contributed by atoms with E-state index < -0.39 is 89.6 Å². The molecule has 1 saturated heterocycles. The summed E-state index contributed by atoms with van der Waals surface area (Å²) in [5.74, 6) is -3.09. The van der Waals surface area contributed by atoms with Gasteiger partial charge in [0.15, 0.2) is 42.3 Å². The van der Waals surface area contributed by atoms with Crippen LogP contribution in [0.15, 0.2) is 12.7 Å². The quantitative estimate of drug-likeness (QED) is 0.0602. The molecule has 9 atom stereocenters. The second-order valence-electron chi connectivity index (χ2n) is 9.17. The van der Waals surface area contributed by atoms with E-state index in [0.29, 0.717) is 0 Å². The van der Waals surface area contributed by atoms with Crippen molar-refractivity contribution in [1.82, 2.24) is 19.5 Å². The summed E-state index contributed by atoms with van der Waals surface area (Å²) in [7, 11) is -11.1. The molecule has 0 spiro atoms. The number of hydrogen-bond donors (Lipinski definition) is 5. The van der Waals surface area contributed by atoms with E-state index in [1.54, 1.807) is 0 Å². The molecule has 0 aromatic carbocycles. The number of nitrogens with zero attached hydrogens (tertiary/aromatic N) is 4. The van der Waals surface area contributed by atoms with Crippen molar-refractivity contribution in [2.75, 3.05) is 18.9 Å². The van der Waals surface area contributed by atoms with Crippen LogP contribution in [0.2, 0.25) is 0 Å². The van der Waals surface area contributed by atoms with Gasteiger partial charge in [0.2, 0.25) is 0 Å². The van der Waals surface area contributed by atoms with Crippen LogP contribution in [-0.4, -0.2) is 114 Å². The Bertz CT molecular complexity index is 1510. The van der Waals surface area contributed by atoms with Gasteiger partial charge in [-0.15, -0.1) is 0 Å². The molecule has 1 aliphatic heterocycles. The van der Waals surface area contributed by atoms with Gasteiger partial charge in [0.05, 0.1) is 19.5 Å². The van der Waals surface area contributed by atoms with E-state index in [0.717, 1.165) is 27.1 Å². The van der Waals surface area contributed by atoms with E-state index in [-0.39, 0.29) is 23.3 Å². The van der Waals surface area contributed by atoms with Crippen LogP contribution < -0.4 is 5.73 Å². The molecule has 2 unspecified atom stereocenters. The number of aliphatic hydroxyl groups is 2. The summed E-state index contributed by atoms with van der Waals surface area (Å²) in [6.07, 6.45) is -9.48. The summed E-state index contributed by atoms with van der Waals surface area (Å²) < 4.78 is 59.7. The van der Waals surface area contributed by atoms with E-state index in [1.165, 1.54) is 10.9 Å². The monoisotopic (exact) mass is 685 g/mol. The maximum Gasteiger partial charge on any atom is 0.481 e. The van der Waals surface area contributed by atoms with Crippen LogP contribution in [0.1, 0.15) is 27.0 Å². The lowest BCUT2D eigenvalue weighted by Gasteiger charge is -2.29. The number of fused-ring (bicyclic) bond motifs is 1. The van der Waals surface area contributed by atoms with Gasteiger partial charge in [0, 0.05) is 20.8 Å². The molecule has 2 aromatic heterocycles. The Morgan fingerprint density at radius 3 is 2.22 bits per heavy atom. The fourth-order valence-electron chi connectivity index (χ4n) is 3.98. The zero-order chi connectivity index (χ0) is 33.7. The summed E-state index contributed by atoms with van der Waals surface area (Å²) in [5.41, 5.74) is 6.03. The topological polar surface area (TPSA) is 318 Å². The van der Waals surface area contributed by atoms with E-state index in [4.69, 9.17) is 24.7 Å². The zero-order valence-electron chi connectivity index (χ0n) is 23.5. The molecule has 45 heavy (non-hydrogen) atoms. The number of phosphoric acid groups is 2. The molecule has 24 heteroatoms. The molecule has 22 nitrogen and oxygen atoms in total. The van der Waals surface area contributed by atoms with Crippen LogP contribution in [-0.2, 0) is 60.6 Å². The summed E-state index contributed by atoms with van der Waals surface area (Å²) in [4.78, 5) is 78.0. The number of carbonyl (C=O) groups excluding carboxylic acids is 4. The van der Waals surface area contributed by atoms with Crippen molar-refractivity contribution in [3.63, 3.8) is 0 Å². The average Bonchev–Trinajstić information content (AvgIpc) is 3.48. The molecular formula is C21H29N5O17P2. The normalized spacial score (nSPS) is 24.5. The van der Waals surface area contributed by atoms with Crippen LogP contribution in [0.5, 0.6) is 0 Å². The number of aromatic nitrogens is 4. The van der Waals surface area contributed by atoms with Gasteiger partial charge in [0.1, 0.15) is 30.2 Å². The van der Waals surface area contributed by atoms with Gasteiger partial charge >= 0.3 is 33.6 Å². The van der Waals surface area contributed by atoms with E-state index in [2.05, 4.69) is 28.3 Å². The molecular weight excluding hydrogens is 656 g/mol. The summed E-state index contributed by atoms with van der Waals surface area (Å²) in [5, 5.41) is 20.9. The number of aldehydes is 1. The Labute approximate surface area is 252 Å². The number of rotatable bonds is 15. The van der Waals surface area contributed by atoms with E-state index in [9.17, 15) is 48.3 Å². The molecule has 2 aromatic rings. The smallest absolute Gasteiger partial charge is 0.456 e. The number of phosphoric ester groups is 2. The Balaban J connectivity index is 1.66. The van der Waals surface area contributed by atoms with Gasteiger partial charge in [-0.2, -0.15) is 4.31 Å². The molecule has 1 aliphatic rings. The maximum absolute atomic E-state index is 12.5. The van der Waals surface area contributed by atoms with Gasteiger partial charge in [0.25, 0.3) is 0 Å². The van der Waals surface area contributed by atoms with Crippen LogP contribution in [0.25, 0.3) is 11.2 Å². The Morgan fingerprint density at radius 2 is 1.62 bits per heavy atom. The average molecular weight is 685 g/mol. The third-order valence-electron chi connectivity index (χ3n) is 5.75. The fourth-order valence-corrected chi connectivity index (χ4v) is 6.08. The molecule has 0 amide bonds. The predicted octanol–water partition coefficient (Wildman–Crippen LogP) is -1.73. The standard InChI is InChI=1S/C21H29N5O17P2/c1-9(28)39-12(4-27)18(41-11(3)30)14(40-10(2)29)6-38-45(35,36)43-44(33,34)37-5-13-16(31)17(32)21(42-13)26-8-25-15-19(22)23-7-24-20(15)26/h4,7-8,12-14,16-18,21,31-32H,5-6H2,1-3H3,(H,33,34)(H,35,36)(H2,22,23,24)/t12-,13+,14+,16+,17+,18-,21+/m0/s1. The zero-order valence-corrected chi connectivity index (χ0v) is 25.3. The van der Waals surface area contributed by atoms with Crippen molar-refractivity contribution in [3.05, 3.63) is 12.7 Å². The molecule has 250 valence electrons. The van der Waals surface area contributed by atoms with Gasteiger partial charge in [-0.3, -0.25) is 32.8 Å². The highest BCUT2D eigenvalue weighted by molar-refractivity contribution is 7.61. The molecule has 0 bridgehead atoms. The lowest BCUT2D eigenvalue weighted by atomic mass is 10.1. The van der Waals surface area contributed by atoms with Crippen molar-refractivity contribution in [2.24, 2.45) is 0 Å². The van der Waals surface area contributed by atoms with Gasteiger partial charge in [-0.05, 0) is 0 Å². The van der Waals surface area contributed by atoms with Crippen molar-refractivity contribution < 1.29 is 80.6 Å². The first kappa shape index (κ1) is 36.0. The molecule has 3 rings (SSSR count). The predicted molar refractivity (Wildman–Crippen MR) is 141 cm³/mol.